The number of hydrogen-bond acceptors (Lipinski definition) is 4. The van der Waals surface area contributed by atoms with Gasteiger partial charge in [-0.1, -0.05) is 0 Å². The molecule has 0 aliphatic heterocycles. The Morgan fingerprint density at radius 2 is 1.50 bits per heavy atom. The molecule has 0 spiro atoms. The molecule has 0 amide bonds. The normalized spacial score (nSPS) is 22.2. The second-order valence-electron chi connectivity index (χ2n) is 3.55. The molecule has 16 heavy (non-hydrogen) atoms. The fourth-order valence-electron chi connectivity index (χ4n) is 1.21. The van der Waals surface area contributed by atoms with Gasteiger partial charge in [-0.25, -0.2) is 0 Å². The molecule has 96 valence electrons. The summed E-state index contributed by atoms with van der Waals surface area (Å²) in [5.41, 5.74) is 0. The van der Waals surface area contributed by atoms with Crippen LogP contribution in [-0.4, -0.2) is 45.1 Å². The summed E-state index contributed by atoms with van der Waals surface area (Å²) in [5, 5.41) is 32.3. The Morgan fingerprint density at radius 3 is 1.62 bits per heavy atom. The van der Waals surface area contributed by atoms with Crippen LogP contribution >= 0.6 is 0 Å². The van der Waals surface area contributed by atoms with Crippen LogP contribution in [0.2, 0.25) is 0 Å². The van der Waals surface area contributed by atoms with E-state index in [1.54, 1.807) is 0 Å². The number of aliphatic carboxylic acids is 2. The number of carbonyl (C=O) groups is 2. The van der Waals surface area contributed by atoms with Crippen molar-refractivity contribution in [3.8, 4) is 0 Å². The lowest BCUT2D eigenvalue weighted by atomic mass is 10.1. The summed E-state index contributed by atoms with van der Waals surface area (Å²) in [4.78, 5) is 18.0. The lowest BCUT2D eigenvalue weighted by Gasteiger charge is -2.00. The Hall–Kier alpha value is -1.14. The Labute approximate surface area is 94.5 Å². The van der Waals surface area contributed by atoms with Crippen LogP contribution in [0.5, 0.6) is 0 Å². The van der Waals surface area contributed by atoms with Crippen LogP contribution in [0, 0.1) is 5.92 Å². The largest absolute Gasteiger partial charge is 0.481 e. The Morgan fingerprint density at radius 1 is 1.12 bits per heavy atom. The molecule has 6 heteroatoms. The fourth-order valence-corrected chi connectivity index (χ4v) is 1.21. The van der Waals surface area contributed by atoms with E-state index in [0.717, 1.165) is 33.1 Å². The van der Waals surface area contributed by atoms with E-state index >= 15 is 0 Å². The molecule has 4 N–H and O–H groups in total. The molecule has 1 aliphatic carbocycles. The molecule has 2 unspecified atom stereocenters. The second kappa shape index (κ2) is 10.4. The highest BCUT2D eigenvalue weighted by Crippen LogP contribution is 2.24. The maximum absolute atomic E-state index is 9.00. The third kappa shape index (κ3) is 18.6. The molecule has 6 nitrogen and oxygen atoms in total. The number of aliphatic hydroxyl groups excluding tert-OH is 2. The van der Waals surface area contributed by atoms with Crippen LogP contribution in [0.1, 0.15) is 33.1 Å². The minimum absolute atomic E-state index is 0.132. The van der Waals surface area contributed by atoms with Crippen LogP contribution in [0.25, 0.3) is 0 Å². The van der Waals surface area contributed by atoms with Gasteiger partial charge >= 0.3 is 0 Å². The van der Waals surface area contributed by atoms with Crippen molar-refractivity contribution >= 4 is 11.9 Å². The lowest BCUT2D eigenvalue weighted by molar-refractivity contribution is -0.135. The van der Waals surface area contributed by atoms with Gasteiger partial charge in [0.05, 0.1) is 6.10 Å². The van der Waals surface area contributed by atoms with Gasteiger partial charge in [-0.15, -0.1) is 0 Å². The van der Waals surface area contributed by atoms with Crippen molar-refractivity contribution in [1.82, 2.24) is 0 Å². The van der Waals surface area contributed by atoms with Gasteiger partial charge < -0.3 is 20.4 Å². The molecule has 0 aromatic carbocycles. The standard InChI is InChI=1S/C6H12O2.2C2H4O2/c7-4-5-1-2-6(8)3-5;2*1-2(3)4/h5-8H,1-4H2;2*1H3,(H,3,4). The zero-order chi connectivity index (χ0) is 13.1. The fraction of sp³-hybridized carbons (Fsp3) is 0.800. The van der Waals surface area contributed by atoms with E-state index in [1.165, 1.54) is 0 Å². The summed E-state index contributed by atoms with van der Waals surface area (Å²) in [5.74, 6) is -1.29. The quantitative estimate of drug-likeness (QED) is 0.521. The van der Waals surface area contributed by atoms with Gasteiger partial charge in [0, 0.05) is 20.5 Å². The van der Waals surface area contributed by atoms with Gasteiger partial charge in [-0.05, 0) is 25.2 Å². The minimum Gasteiger partial charge on any atom is -0.481 e. The van der Waals surface area contributed by atoms with Crippen LogP contribution in [0.15, 0.2) is 0 Å². The topological polar surface area (TPSA) is 115 Å². The van der Waals surface area contributed by atoms with E-state index in [4.69, 9.17) is 30.0 Å². The number of carboxylic acids is 2. The summed E-state index contributed by atoms with van der Waals surface area (Å²) in [7, 11) is 0. The highest BCUT2D eigenvalue weighted by atomic mass is 16.4. The Bertz CT molecular complexity index is 183. The Kier molecular flexibility index (Phi) is 11.2. The van der Waals surface area contributed by atoms with Gasteiger partial charge in [0.1, 0.15) is 0 Å². The van der Waals surface area contributed by atoms with Crippen molar-refractivity contribution in [3.63, 3.8) is 0 Å². The molecule has 0 bridgehead atoms. The zero-order valence-corrected chi connectivity index (χ0v) is 9.59. The second-order valence-corrected chi connectivity index (χ2v) is 3.55. The highest BCUT2D eigenvalue weighted by Gasteiger charge is 2.21. The third-order valence-corrected chi connectivity index (χ3v) is 1.77. The van der Waals surface area contributed by atoms with E-state index in [2.05, 4.69) is 0 Å². The summed E-state index contributed by atoms with van der Waals surface area (Å²) < 4.78 is 0. The molecular formula is C10H20O6. The average Bonchev–Trinajstić information content (AvgIpc) is 2.49. The number of rotatable bonds is 1. The van der Waals surface area contributed by atoms with Gasteiger partial charge in [0.25, 0.3) is 11.9 Å². The van der Waals surface area contributed by atoms with Gasteiger partial charge in [-0.2, -0.15) is 0 Å². The zero-order valence-electron chi connectivity index (χ0n) is 9.59. The van der Waals surface area contributed by atoms with Crippen LogP contribution in [0.4, 0.5) is 0 Å². The van der Waals surface area contributed by atoms with Crippen LogP contribution in [0.3, 0.4) is 0 Å². The first-order valence-corrected chi connectivity index (χ1v) is 4.97. The lowest BCUT2D eigenvalue weighted by Crippen LogP contribution is -2.03. The SMILES string of the molecule is CC(=O)O.CC(=O)O.OCC1CCC(O)C1. The summed E-state index contributed by atoms with van der Waals surface area (Å²) in [6.45, 7) is 2.41. The maximum Gasteiger partial charge on any atom is 0.300 e. The van der Waals surface area contributed by atoms with Crippen molar-refractivity contribution in [2.24, 2.45) is 5.92 Å². The van der Waals surface area contributed by atoms with Gasteiger partial charge in [0.2, 0.25) is 0 Å². The first-order chi connectivity index (χ1) is 7.29. The predicted octanol–water partition coefficient (Wildman–Crippen LogP) is 0.321. The Balaban J connectivity index is 0. The number of aliphatic hydroxyl groups is 2. The van der Waals surface area contributed by atoms with Crippen molar-refractivity contribution in [2.75, 3.05) is 6.61 Å². The van der Waals surface area contributed by atoms with E-state index in [0.29, 0.717) is 5.92 Å². The molecule has 1 fully saturated rings. The summed E-state index contributed by atoms with van der Waals surface area (Å²) >= 11 is 0. The van der Waals surface area contributed by atoms with Crippen molar-refractivity contribution in [1.29, 1.82) is 0 Å². The monoisotopic (exact) mass is 236 g/mol. The molecule has 1 aliphatic rings. The first-order valence-electron chi connectivity index (χ1n) is 4.97. The molecule has 2 atom stereocenters. The molecule has 1 saturated carbocycles. The summed E-state index contributed by atoms with van der Waals surface area (Å²) in [6, 6.07) is 0. The average molecular weight is 236 g/mol. The summed E-state index contributed by atoms with van der Waals surface area (Å²) in [6.07, 6.45) is 2.55. The molecule has 0 radical (unpaired) electrons. The van der Waals surface area contributed by atoms with E-state index in [-0.39, 0.29) is 12.7 Å². The van der Waals surface area contributed by atoms with Gasteiger partial charge in [0.15, 0.2) is 0 Å². The van der Waals surface area contributed by atoms with Crippen LogP contribution < -0.4 is 0 Å². The van der Waals surface area contributed by atoms with Crippen molar-refractivity contribution in [3.05, 3.63) is 0 Å². The molecule has 0 heterocycles. The number of hydrogen-bond donors (Lipinski definition) is 4. The molecule has 0 aromatic rings. The van der Waals surface area contributed by atoms with E-state index < -0.39 is 11.9 Å². The maximum atomic E-state index is 9.00. The van der Waals surface area contributed by atoms with E-state index in [9.17, 15) is 0 Å². The molecule has 1 rings (SSSR count). The van der Waals surface area contributed by atoms with Crippen molar-refractivity contribution in [2.45, 2.75) is 39.2 Å². The van der Waals surface area contributed by atoms with Gasteiger partial charge in [-0.3, -0.25) is 9.59 Å². The van der Waals surface area contributed by atoms with Crippen molar-refractivity contribution < 1.29 is 30.0 Å². The first kappa shape index (κ1) is 17.3. The van der Waals surface area contributed by atoms with E-state index in [1.807, 2.05) is 0 Å². The minimum atomic E-state index is -0.833. The predicted molar refractivity (Wildman–Crippen MR) is 57.1 cm³/mol. The number of carboxylic acid groups (broad SMARTS) is 2. The van der Waals surface area contributed by atoms with Crippen LogP contribution in [-0.2, 0) is 9.59 Å². The highest BCUT2D eigenvalue weighted by molar-refractivity contribution is 5.63. The third-order valence-electron chi connectivity index (χ3n) is 1.77. The molecule has 0 saturated heterocycles. The molecule has 0 aromatic heterocycles. The smallest absolute Gasteiger partial charge is 0.300 e. The molecular weight excluding hydrogens is 216 g/mol.